The normalized spacial score (nSPS) is 22.4. The SMILES string of the molecule is CSc1ncnc2c([C@@H]3O[C@H](COCc4ccccc4)[C@@H](OCc4ccccc4)[C@@H]3C)scc12. The summed E-state index contributed by atoms with van der Waals surface area (Å²) in [7, 11) is 0. The standard InChI is InChI=1S/C27H28N2O3S2/c1-18-24(31-14-20-11-7-4-8-12-20)22(15-30-13-19-9-5-3-6-10-19)32-25(18)26-23-21(16-34-26)27(33-2)29-17-28-23/h3-12,16-18,22,24-25H,13-15H2,1-2H3/t18-,22+,24-,25+/m0/s1. The summed E-state index contributed by atoms with van der Waals surface area (Å²) in [5.74, 6) is 0.156. The predicted molar refractivity (Wildman–Crippen MR) is 137 cm³/mol. The van der Waals surface area contributed by atoms with Gasteiger partial charge in [-0.15, -0.1) is 23.1 Å². The molecular weight excluding hydrogens is 464 g/mol. The average molecular weight is 493 g/mol. The number of benzene rings is 2. The molecule has 1 aliphatic rings. The molecule has 0 N–H and O–H groups in total. The lowest BCUT2D eigenvalue weighted by Gasteiger charge is -2.22. The van der Waals surface area contributed by atoms with E-state index in [0.29, 0.717) is 19.8 Å². The summed E-state index contributed by atoms with van der Waals surface area (Å²) in [5.41, 5.74) is 3.28. The van der Waals surface area contributed by atoms with Gasteiger partial charge in [-0.05, 0) is 17.4 Å². The van der Waals surface area contributed by atoms with Gasteiger partial charge < -0.3 is 14.2 Å². The Balaban J connectivity index is 1.35. The van der Waals surface area contributed by atoms with Gasteiger partial charge in [0, 0.05) is 16.7 Å². The summed E-state index contributed by atoms with van der Waals surface area (Å²) in [6.07, 6.45) is 3.35. The van der Waals surface area contributed by atoms with Crippen molar-refractivity contribution in [2.75, 3.05) is 12.9 Å². The van der Waals surface area contributed by atoms with Gasteiger partial charge >= 0.3 is 0 Å². The largest absolute Gasteiger partial charge is 0.374 e. The quantitative estimate of drug-likeness (QED) is 0.202. The summed E-state index contributed by atoms with van der Waals surface area (Å²) in [6, 6.07) is 20.5. The van der Waals surface area contributed by atoms with Crippen molar-refractivity contribution < 1.29 is 14.2 Å². The molecule has 3 heterocycles. The van der Waals surface area contributed by atoms with E-state index in [-0.39, 0.29) is 24.2 Å². The minimum Gasteiger partial charge on any atom is -0.374 e. The molecule has 4 atom stereocenters. The smallest absolute Gasteiger partial charge is 0.117 e. The van der Waals surface area contributed by atoms with Gasteiger partial charge in [-0.3, -0.25) is 0 Å². The van der Waals surface area contributed by atoms with Crippen molar-refractivity contribution >= 4 is 34.0 Å². The van der Waals surface area contributed by atoms with Crippen LogP contribution in [-0.4, -0.2) is 35.0 Å². The lowest BCUT2D eigenvalue weighted by Crippen LogP contribution is -2.32. The van der Waals surface area contributed by atoms with E-state index in [2.05, 4.69) is 46.5 Å². The van der Waals surface area contributed by atoms with E-state index in [9.17, 15) is 0 Å². The Morgan fingerprint density at radius 3 is 2.38 bits per heavy atom. The highest BCUT2D eigenvalue weighted by Crippen LogP contribution is 2.45. The maximum absolute atomic E-state index is 6.63. The van der Waals surface area contributed by atoms with Crippen LogP contribution < -0.4 is 0 Å². The molecule has 0 bridgehead atoms. The van der Waals surface area contributed by atoms with Crippen molar-refractivity contribution in [3.05, 3.63) is 88.4 Å². The number of ether oxygens (including phenoxy) is 3. The second-order valence-electron chi connectivity index (χ2n) is 8.46. The average Bonchev–Trinajstić information content (AvgIpc) is 3.44. The number of hydrogen-bond acceptors (Lipinski definition) is 7. The molecule has 1 saturated heterocycles. The van der Waals surface area contributed by atoms with E-state index < -0.39 is 0 Å². The fourth-order valence-corrected chi connectivity index (χ4v) is 6.20. The van der Waals surface area contributed by atoms with Crippen LogP contribution in [0.1, 0.15) is 29.0 Å². The third-order valence-electron chi connectivity index (χ3n) is 6.20. The number of thioether (sulfide) groups is 1. The van der Waals surface area contributed by atoms with E-state index in [1.807, 2.05) is 42.7 Å². The van der Waals surface area contributed by atoms with Gasteiger partial charge in [-0.1, -0.05) is 67.6 Å². The van der Waals surface area contributed by atoms with Crippen LogP contribution in [0, 0.1) is 5.92 Å². The van der Waals surface area contributed by atoms with Crippen LogP contribution in [0.15, 0.2) is 77.4 Å². The molecule has 34 heavy (non-hydrogen) atoms. The second kappa shape index (κ2) is 11.0. The highest BCUT2D eigenvalue weighted by atomic mass is 32.2. The van der Waals surface area contributed by atoms with Crippen LogP contribution in [0.25, 0.3) is 10.9 Å². The van der Waals surface area contributed by atoms with Crippen molar-refractivity contribution in [3.8, 4) is 0 Å². The molecule has 2 aromatic carbocycles. The molecule has 0 unspecified atom stereocenters. The van der Waals surface area contributed by atoms with E-state index in [4.69, 9.17) is 14.2 Å². The van der Waals surface area contributed by atoms with Gasteiger partial charge in [-0.2, -0.15) is 0 Å². The van der Waals surface area contributed by atoms with E-state index >= 15 is 0 Å². The summed E-state index contributed by atoms with van der Waals surface area (Å²) < 4.78 is 19.2. The molecule has 0 aliphatic carbocycles. The molecule has 4 aromatic rings. The third-order valence-corrected chi connectivity index (χ3v) is 7.94. The van der Waals surface area contributed by atoms with E-state index in [1.54, 1.807) is 29.4 Å². The molecular formula is C27H28N2O3S2. The van der Waals surface area contributed by atoms with Crippen LogP contribution in [-0.2, 0) is 27.4 Å². The molecule has 0 amide bonds. The molecule has 1 fully saturated rings. The molecule has 0 spiro atoms. The van der Waals surface area contributed by atoms with Crippen LogP contribution in [0.2, 0.25) is 0 Å². The van der Waals surface area contributed by atoms with Crippen molar-refractivity contribution in [3.63, 3.8) is 0 Å². The minimum atomic E-state index is -0.161. The Morgan fingerprint density at radius 1 is 0.971 bits per heavy atom. The molecule has 176 valence electrons. The first-order valence-electron chi connectivity index (χ1n) is 11.4. The summed E-state index contributed by atoms with van der Waals surface area (Å²) >= 11 is 3.34. The van der Waals surface area contributed by atoms with Crippen molar-refractivity contribution in [1.29, 1.82) is 0 Å². The zero-order valence-electron chi connectivity index (χ0n) is 19.3. The highest BCUT2D eigenvalue weighted by Gasteiger charge is 2.44. The molecule has 0 radical (unpaired) electrons. The Morgan fingerprint density at radius 2 is 1.68 bits per heavy atom. The van der Waals surface area contributed by atoms with E-state index in [1.165, 1.54) is 0 Å². The Hall–Kier alpha value is -2.29. The molecule has 1 aliphatic heterocycles. The first-order chi connectivity index (χ1) is 16.7. The predicted octanol–water partition coefficient (Wildman–Crippen LogP) is 6.29. The van der Waals surface area contributed by atoms with Gasteiger partial charge in [-0.25, -0.2) is 9.97 Å². The zero-order valence-corrected chi connectivity index (χ0v) is 20.9. The fraction of sp³-hybridized carbons (Fsp3) is 0.333. The number of nitrogens with zero attached hydrogens (tertiary/aromatic N) is 2. The van der Waals surface area contributed by atoms with Gasteiger partial charge in [0.15, 0.2) is 0 Å². The van der Waals surface area contributed by atoms with Crippen molar-refractivity contribution in [2.45, 2.75) is 43.5 Å². The number of fused-ring (bicyclic) bond motifs is 1. The Labute approximate surface area is 208 Å². The topological polar surface area (TPSA) is 53.5 Å². The first-order valence-corrected chi connectivity index (χ1v) is 13.5. The summed E-state index contributed by atoms with van der Waals surface area (Å²) in [5, 5.41) is 4.24. The van der Waals surface area contributed by atoms with Crippen LogP contribution >= 0.6 is 23.1 Å². The van der Waals surface area contributed by atoms with Gasteiger partial charge in [0.2, 0.25) is 0 Å². The lowest BCUT2D eigenvalue weighted by molar-refractivity contribution is -0.0724. The number of hydrogen-bond donors (Lipinski definition) is 0. The molecule has 0 saturated carbocycles. The van der Waals surface area contributed by atoms with Crippen LogP contribution in [0.4, 0.5) is 0 Å². The van der Waals surface area contributed by atoms with Crippen molar-refractivity contribution in [2.24, 2.45) is 5.92 Å². The van der Waals surface area contributed by atoms with Gasteiger partial charge in [0.25, 0.3) is 0 Å². The zero-order chi connectivity index (χ0) is 23.3. The number of rotatable bonds is 9. The van der Waals surface area contributed by atoms with Gasteiger partial charge in [0.05, 0.1) is 42.4 Å². The Bertz CT molecular complexity index is 1200. The number of aromatic nitrogens is 2. The molecule has 5 nitrogen and oxygen atoms in total. The summed E-state index contributed by atoms with van der Waals surface area (Å²) in [4.78, 5) is 10.2. The van der Waals surface area contributed by atoms with Gasteiger partial charge in [0.1, 0.15) is 17.5 Å². The highest BCUT2D eigenvalue weighted by molar-refractivity contribution is 7.98. The molecule has 7 heteroatoms. The Kier molecular flexibility index (Phi) is 7.57. The lowest BCUT2D eigenvalue weighted by atomic mass is 9.96. The van der Waals surface area contributed by atoms with Crippen molar-refractivity contribution in [1.82, 2.24) is 9.97 Å². The second-order valence-corrected chi connectivity index (χ2v) is 10.2. The molecule has 5 rings (SSSR count). The minimum absolute atomic E-state index is 0.0833. The van der Waals surface area contributed by atoms with Crippen LogP contribution in [0.5, 0.6) is 0 Å². The van der Waals surface area contributed by atoms with E-state index in [0.717, 1.165) is 31.9 Å². The summed E-state index contributed by atoms with van der Waals surface area (Å²) in [6.45, 7) is 3.78. The monoisotopic (exact) mass is 492 g/mol. The fourth-order valence-electron chi connectivity index (χ4n) is 4.45. The molecule has 2 aromatic heterocycles. The maximum Gasteiger partial charge on any atom is 0.117 e. The van der Waals surface area contributed by atoms with Crippen LogP contribution in [0.3, 0.4) is 0 Å². The maximum atomic E-state index is 6.63. The number of thiophene rings is 1. The first kappa shape index (κ1) is 23.5. The third kappa shape index (κ3) is 5.04.